The summed E-state index contributed by atoms with van der Waals surface area (Å²) in [5.41, 5.74) is 10.4. The second-order valence-corrected chi connectivity index (χ2v) is 6.86. The van der Waals surface area contributed by atoms with E-state index < -0.39 is 36.6 Å². The van der Waals surface area contributed by atoms with Gasteiger partial charge in [-0.3, -0.25) is 0 Å². The van der Waals surface area contributed by atoms with Crippen LogP contribution in [0.5, 0.6) is 0 Å². The highest BCUT2D eigenvalue weighted by molar-refractivity contribution is 5.89. The van der Waals surface area contributed by atoms with Crippen LogP contribution in [0.15, 0.2) is 65.8 Å². The lowest BCUT2D eigenvalue weighted by atomic mass is 9.97. The molecule has 5 atom stereocenters. The molecule has 0 amide bonds. The van der Waals surface area contributed by atoms with Crippen LogP contribution in [0.3, 0.4) is 0 Å². The van der Waals surface area contributed by atoms with Crippen molar-refractivity contribution in [1.82, 2.24) is 0 Å². The first-order valence-electron chi connectivity index (χ1n) is 9.87. The van der Waals surface area contributed by atoms with Crippen molar-refractivity contribution in [1.29, 1.82) is 0 Å². The zero-order valence-corrected chi connectivity index (χ0v) is 17.0. The van der Waals surface area contributed by atoms with Gasteiger partial charge < -0.3 is 18.9 Å². The number of carbonyl (C=O) groups is 1. The van der Waals surface area contributed by atoms with Crippen LogP contribution in [0, 0.1) is 0 Å². The van der Waals surface area contributed by atoms with Gasteiger partial charge in [0.15, 0.2) is 12.4 Å². The van der Waals surface area contributed by atoms with Crippen LogP contribution in [0.4, 0.5) is 0 Å². The normalized spacial score (nSPS) is 25.9. The molecule has 0 unspecified atom stereocenters. The average molecular weight is 411 g/mol. The minimum Gasteiger partial charge on any atom is -0.451 e. The van der Waals surface area contributed by atoms with Gasteiger partial charge in [0.05, 0.1) is 24.3 Å². The number of nitrogens with zero attached hydrogens (tertiary/aromatic N) is 3. The Labute approximate surface area is 175 Å². The summed E-state index contributed by atoms with van der Waals surface area (Å²) >= 11 is 0. The number of benzene rings is 2. The third-order valence-electron chi connectivity index (χ3n) is 4.81. The first kappa shape index (κ1) is 21.8. The van der Waals surface area contributed by atoms with Crippen molar-refractivity contribution >= 4 is 5.97 Å². The Balaban J connectivity index is 1.87. The Morgan fingerprint density at radius 1 is 1.07 bits per heavy atom. The van der Waals surface area contributed by atoms with Crippen LogP contribution in [-0.4, -0.2) is 43.2 Å². The summed E-state index contributed by atoms with van der Waals surface area (Å²) in [6, 6.07) is 17.5. The lowest BCUT2D eigenvalue weighted by molar-refractivity contribution is -0.275. The van der Waals surface area contributed by atoms with Gasteiger partial charge in [0, 0.05) is 11.5 Å². The fraction of sp³-hybridized carbons (Fsp3) is 0.409. The summed E-state index contributed by atoms with van der Waals surface area (Å²) in [6.45, 7) is 4.21. The molecule has 1 fully saturated rings. The van der Waals surface area contributed by atoms with E-state index in [1.165, 1.54) is 0 Å². The molecule has 158 valence electrons. The van der Waals surface area contributed by atoms with E-state index in [0.29, 0.717) is 12.2 Å². The smallest absolute Gasteiger partial charge is 0.338 e. The maximum atomic E-state index is 12.7. The third kappa shape index (κ3) is 5.37. The van der Waals surface area contributed by atoms with E-state index in [2.05, 4.69) is 10.0 Å². The fourth-order valence-corrected chi connectivity index (χ4v) is 3.35. The van der Waals surface area contributed by atoms with Crippen LogP contribution >= 0.6 is 0 Å². The summed E-state index contributed by atoms with van der Waals surface area (Å²) < 4.78 is 23.5. The Morgan fingerprint density at radius 2 is 1.73 bits per heavy atom. The number of azide groups is 1. The Morgan fingerprint density at radius 3 is 2.37 bits per heavy atom. The van der Waals surface area contributed by atoms with E-state index in [0.717, 1.165) is 5.56 Å². The molecular weight excluding hydrogens is 386 g/mol. The van der Waals surface area contributed by atoms with Crippen LogP contribution in [0.25, 0.3) is 10.4 Å². The van der Waals surface area contributed by atoms with Gasteiger partial charge in [0.1, 0.15) is 6.10 Å². The predicted octanol–water partition coefficient (Wildman–Crippen LogP) is 4.26. The molecule has 8 heteroatoms. The van der Waals surface area contributed by atoms with Crippen LogP contribution in [0.1, 0.15) is 29.8 Å². The fourth-order valence-electron chi connectivity index (χ4n) is 3.35. The van der Waals surface area contributed by atoms with Gasteiger partial charge >= 0.3 is 5.97 Å². The molecule has 0 spiro atoms. The van der Waals surface area contributed by atoms with Gasteiger partial charge in [-0.2, -0.15) is 0 Å². The molecule has 0 N–H and O–H groups in total. The zero-order valence-electron chi connectivity index (χ0n) is 17.0. The molecule has 30 heavy (non-hydrogen) atoms. The Hall–Kier alpha value is -2.90. The van der Waals surface area contributed by atoms with Gasteiger partial charge in [0.25, 0.3) is 0 Å². The molecule has 1 aliphatic rings. The molecule has 1 aliphatic heterocycles. The molecule has 0 aliphatic carbocycles. The standard InChI is InChI=1S/C22H25N3O5/c1-3-27-22-20(30-21(26)17-12-8-5-9-13-17)19(18(24-25-23)15(2)29-22)28-14-16-10-6-4-7-11-16/h4-13,15,18-20,22H,3,14H2,1-2H3/t15-,18-,19+,20+,22+/m1/s1. The summed E-state index contributed by atoms with van der Waals surface area (Å²) in [7, 11) is 0. The number of hydrogen-bond donors (Lipinski definition) is 0. The van der Waals surface area contributed by atoms with Crippen LogP contribution < -0.4 is 0 Å². The molecule has 1 saturated heterocycles. The average Bonchev–Trinajstić information content (AvgIpc) is 2.77. The molecule has 3 rings (SSSR count). The molecule has 2 aromatic rings. The molecular formula is C22H25N3O5. The molecule has 0 saturated carbocycles. The van der Waals surface area contributed by atoms with E-state index in [1.54, 1.807) is 31.2 Å². The minimum atomic E-state index is -0.909. The highest BCUT2D eigenvalue weighted by atomic mass is 16.7. The summed E-state index contributed by atoms with van der Waals surface area (Å²) in [5.74, 6) is -0.531. The molecule has 0 radical (unpaired) electrons. The Kier molecular flexibility index (Phi) is 7.82. The minimum absolute atomic E-state index is 0.258. The van der Waals surface area contributed by atoms with Crippen molar-refractivity contribution in [3.8, 4) is 0 Å². The van der Waals surface area contributed by atoms with Crippen molar-refractivity contribution < 1.29 is 23.7 Å². The number of carbonyl (C=O) groups excluding carboxylic acids is 1. The largest absolute Gasteiger partial charge is 0.451 e. The second kappa shape index (κ2) is 10.8. The zero-order chi connectivity index (χ0) is 21.3. The SMILES string of the molecule is CCO[C@H]1O[C@H](C)[C@@H](N=[N+]=[N-])[C@H](OCc2ccccc2)[C@@H]1OC(=O)c1ccccc1. The first-order valence-corrected chi connectivity index (χ1v) is 9.87. The lowest BCUT2D eigenvalue weighted by Crippen LogP contribution is -2.59. The number of esters is 1. The number of ether oxygens (including phenoxy) is 4. The van der Waals surface area contributed by atoms with Crippen molar-refractivity contribution in [2.75, 3.05) is 6.61 Å². The van der Waals surface area contributed by atoms with Gasteiger partial charge in [-0.15, -0.1) is 0 Å². The maximum Gasteiger partial charge on any atom is 0.338 e. The van der Waals surface area contributed by atoms with Crippen molar-refractivity contribution in [3.05, 3.63) is 82.2 Å². The maximum absolute atomic E-state index is 12.7. The van der Waals surface area contributed by atoms with Gasteiger partial charge in [-0.25, -0.2) is 4.79 Å². The first-order chi connectivity index (χ1) is 14.6. The molecule has 0 bridgehead atoms. The van der Waals surface area contributed by atoms with Gasteiger partial charge in [0.2, 0.25) is 0 Å². The lowest BCUT2D eigenvalue weighted by Gasteiger charge is -2.43. The molecule has 1 heterocycles. The number of rotatable bonds is 8. The third-order valence-corrected chi connectivity index (χ3v) is 4.81. The summed E-state index contributed by atoms with van der Waals surface area (Å²) in [6.07, 6.45) is -2.98. The Bertz CT molecular complexity index is 858. The summed E-state index contributed by atoms with van der Waals surface area (Å²) in [5, 5.41) is 3.87. The molecule has 2 aromatic carbocycles. The van der Waals surface area contributed by atoms with E-state index in [4.69, 9.17) is 24.5 Å². The van der Waals surface area contributed by atoms with E-state index >= 15 is 0 Å². The molecule has 0 aromatic heterocycles. The van der Waals surface area contributed by atoms with Crippen LogP contribution in [-0.2, 0) is 25.6 Å². The van der Waals surface area contributed by atoms with Gasteiger partial charge in [-0.1, -0.05) is 53.6 Å². The van der Waals surface area contributed by atoms with Gasteiger partial charge in [-0.05, 0) is 37.1 Å². The van der Waals surface area contributed by atoms with Crippen LogP contribution in [0.2, 0.25) is 0 Å². The van der Waals surface area contributed by atoms with E-state index in [9.17, 15) is 4.79 Å². The van der Waals surface area contributed by atoms with E-state index in [1.807, 2.05) is 43.3 Å². The predicted molar refractivity (Wildman–Crippen MR) is 110 cm³/mol. The molecule has 8 nitrogen and oxygen atoms in total. The van der Waals surface area contributed by atoms with Crippen molar-refractivity contribution in [3.63, 3.8) is 0 Å². The highest BCUT2D eigenvalue weighted by Crippen LogP contribution is 2.30. The van der Waals surface area contributed by atoms with Crippen molar-refractivity contribution in [2.24, 2.45) is 5.11 Å². The quantitative estimate of drug-likeness (QED) is 0.279. The van der Waals surface area contributed by atoms with E-state index in [-0.39, 0.29) is 6.61 Å². The second-order valence-electron chi connectivity index (χ2n) is 6.86. The monoisotopic (exact) mass is 411 g/mol. The highest BCUT2D eigenvalue weighted by Gasteiger charge is 2.47. The van der Waals surface area contributed by atoms with Crippen molar-refractivity contribution in [2.45, 2.75) is 51.1 Å². The number of hydrogen-bond acceptors (Lipinski definition) is 6. The topological polar surface area (TPSA) is 103 Å². The summed E-state index contributed by atoms with van der Waals surface area (Å²) in [4.78, 5) is 15.7.